The number of carbonyl (C=O) groups excluding carboxylic acids is 1. The number of amides is 1. The SMILES string of the molecule is CCN(CC)C(=O)CNCC1(CCOC)CC1. The van der Waals surface area contributed by atoms with Crippen molar-refractivity contribution in [1.82, 2.24) is 10.2 Å². The Morgan fingerprint density at radius 1 is 1.35 bits per heavy atom. The second-order valence-electron chi connectivity index (χ2n) is 4.91. The summed E-state index contributed by atoms with van der Waals surface area (Å²) in [7, 11) is 1.74. The van der Waals surface area contributed by atoms with Crippen molar-refractivity contribution >= 4 is 5.91 Å². The van der Waals surface area contributed by atoms with Gasteiger partial charge in [0.25, 0.3) is 0 Å². The van der Waals surface area contributed by atoms with E-state index in [-0.39, 0.29) is 5.91 Å². The monoisotopic (exact) mass is 242 g/mol. The fourth-order valence-corrected chi connectivity index (χ4v) is 2.13. The van der Waals surface area contributed by atoms with Crippen molar-refractivity contribution in [2.45, 2.75) is 33.1 Å². The Kier molecular flexibility index (Phi) is 5.92. The van der Waals surface area contributed by atoms with Gasteiger partial charge in [-0.05, 0) is 38.5 Å². The third-order valence-electron chi connectivity index (χ3n) is 3.69. The topological polar surface area (TPSA) is 41.6 Å². The predicted octanol–water partition coefficient (Wildman–Crippen LogP) is 1.26. The van der Waals surface area contributed by atoms with E-state index in [0.29, 0.717) is 12.0 Å². The molecule has 4 nitrogen and oxygen atoms in total. The van der Waals surface area contributed by atoms with Gasteiger partial charge in [-0.2, -0.15) is 0 Å². The average molecular weight is 242 g/mol. The summed E-state index contributed by atoms with van der Waals surface area (Å²) in [5, 5.41) is 3.30. The molecule has 1 rings (SSSR count). The van der Waals surface area contributed by atoms with Gasteiger partial charge in [-0.1, -0.05) is 0 Å². The Morgan fingerprint density at radius 2 is 2.00 bits per heavy atom. The van der Waals surface area contributed by atoms with Crippen LogP contribution in [0.25, 0.3) is 0 Å². The highest BCUT2D eigenvalue weighted by Gasteiger charge is 2.41. The highest BCUT2D eigenvalue weighted by Crippen LogP contribution is 2.48. The van der Waals surface area contributed by atoms with Crippen LogP contribution >= 0.6 is 0 Å². The molecule has 1 amide bonds. The molecule has 0 atom stereocenters. The zero-order chi connectivity index (χ0) is 12.7. The lowest BCUT2D eigenvalue weighted by molar-refractivity contribution is -0.129. The third kappa shape index (κ3) is 4.64. The molecule has 0 aromatic heterocycles. The number of hydrogen-bond acceptors (Lipinski definition) is 3. The van der Waals surface area contributed by atoms with Gasteiger partial charge in [0, 0.05) is 33.4 Å². The molecule has 0 aromatic rings. The molecule has 0 radical (unpaired) electrons. The average Bonchev–Trinajstić information content (AvgIpc) is 3.09. The van der Waals surface area contributed by atoms with Gasteiger partial charge in [0.2, 0.25) is 5.91 Å². The van der Waals surface area contributed by atoms with E-state index < -0.39 is 0 Å². The van der Waals surface area contributed by atoms with Crippen LogP contribution in [0.15, 0.2) is 0 Å². The Hall–Kier alpha value is -0.610. The minimum Gasteiger partial charge on any atom is -0.385 e. The molecule has 0 saturated heterocycles. The normalized spacial score (nSPS) is 16.9. The fourth-order valence-electron chi connectivity index (χ4n) is 2.13. The molecule has 0 heterocycles. The van der Waals surface area contributed by atoms with Crippen molar-refractivity contribution in [1.29, 1.82) is 0 Å². The third-order valence-corrected chi connectivity index (χ3v) is 3.69. The molecular weight excluding hydrogens is 216 g/mol. The van der Waals surface area contributed by atoms with E-state index in [1.54, 1.807) is 7.11 Å². The lowest BCUT2D eigenvalue weighted by Gasteiger charge is -2.20. The van der Waals surface area contributed by atoms with Crippen LogP contribution in [-0.4, -0.2) is 50.7 Å². The molecule has 1 fully saturated rings. The van der Waals surface area contributed by atoms with Gasteiger partial charge in [-0.15, -0.1) is 0 Å². The Morgan fingerprint density at radius 3 is 2.47 bits per heavy atom. The van der Waals surface area contributed by atoms with Crippen molar-refractivity contribution in [2.24, 2.45) is 5.41 Å². The second kappa shape index (κ2) is 6.97. The molecular formula is C13H26N2O2. The molecule has 0 spiro atoms. The minimum atomic E-state index is 0.206. The van der Waals surface area contributed by atoms with E-state index in [1.807, 2.05) is 18.7 Å². The maximum atomic E-state index is 11.8. The summed E-state index contributed by atoms with van der Waals surface area (Å²) in [6.45, 7) is 7.87. The van der Waals surface area contributed by atoms with E-state index in [1.165, 1.54) is 12.8 Å². The number of nitrogens with one attached hydrogen (secondary N) is 1. The van der Waals surface area contributed by atoms with E-state index in [0.717, 1.165) is 32.7 Å². The van der Waals surface area contributed by atoms with Crippen LogP contribution in [0, 0.1) is 5.41 Å². The van der Waals surface area contributed by atoms with Crippen molar-refractivity contribution in [3.8, 4) is 0 Å². The van der Waals surface area contributed by atoms with Crippen molar-refractivity contribution in [3.63, 3.8) is 0 Å². The van der Waals surface area contributed by atoms with Gasteiger partial charge in [0.1, 0.15) is 0 Å². The molecule has 0 unspecified atom stereocenters. The maximum absolute atomic E-state index is 11.8. The smallest absolute Gasteiger partial charge is 0.236 e. The molecule has 0 bridgehead atoms. The van der Waals surface area contributed by atoms with Crippen LogP contribution in [-0.2, 0) is 9.53 Å². The minimum absolute atomic E-state index is 0.206. The summed E-state index contributed by atoms with van der Waals surface area (Å²) in [5.41, 5.74) is 0.416. The zero-order valence-electron chi connectivity index (χ0n) is 11.4. The molecule has 0 aliphatic heterocycles. The van der Waals surface area contributed by atoms with Crippen LogP contribution in [0.2, 0.25) is 0 Å². The van der Waals surface area contributed by atoms with Gasteiger partial charge in [0.15, 0.2) is 0 Å². The summed E-state index contributed by atoms with van der Waals surface area (Å²) in [6, 6.07) is 0. The fraction of sp³-hybridized carbons (Fsp3) is 0.923. The molecule has 100 valence electrons. The van der Waals surface area contributed by atoms with Gasteiger partial charge >= 0.3 is 0 Å². The van der Waals surface area contributed by atoms with Gasteiger partial charge in [0.05, 0.1) is 6.54 Å². The first-order valence-corrected chi connectivity index (χ1v) is 6.65. The predicted molar refractivity (Wildman–Crippen MR) is 69.0 cm³/mol. The van der Waals surface area contributed by atoms with Gasteiger partial charge < -0.3 is 15.0 Å². The van der Waals surface area contributed by atoms with Crippen molar-refractivity contribution < 1.29 is 9.53 Å². The number of methoxy groups -OCH3 is 1. The largest absolute Gasteiger partial charge is 0.385 e. The number of likely N-dealkylation sites (N-methyl/N-ethyl adjacent to an activating group) is 1. The summed E-state index contributed by atoms with van der Waals surface area (Å²) in [5.74, 6) is 0.206. The van der Waals surface area contributed by atoms with E-state index in [4.69, 9.17) is 4.74 Å². The van der Waals surface area contributed by atoms with Crippen LogP contribution in [0.5, 0.6) is 0 Å². The Labute approximate surface area is 105 Å². The lowest BCUT2D eigenvalue weighted by Crippen LogP contribution is -2.39. The summed E-state index contributed by atoms with van der Waals surface area (Å²) >= 11 is 0. The highest BCUT2D eigenvalue weighted by molar-refractivity contribution is 5.78. The summed E-state index contributed by atoms with van der Waals surface area (Å²) in [6.07, 6.45) is 3.64. The van der Waals surface area contributed by atoms with E-state index in [9.17, 15) is 4.79 Å². The molecule has 1 aliphatic rings. The van der Waals surface area contributed by atoms with Crippen LogP contribution in [0.4, 0.5) is 0 Å². The molecule has 0 aromatic carbocycles. The Balaban J connectivity index is 2.17. The first-order valence-electron chi connectivity index (χ1n) is 6.65. The molecule has 1 saturated carbocycles. The van der Waals surface area contributed by atoms with Crippen molar-refractivity contribution in [3.05, 3.63) is 0 Å². The van der Waals surface area contributed by atoms with Crippen LogP contribution in [0.3, 0.4) is 0 Å². The number of ether oxygens (including phenoxy) is 1. The second-order valence-corrected chi connectivity index (χ2v) is 4.91. The first kappa shape index (κ1) is 14.5. The molecule has 17 heavy (non-hydrogen) atoms. The van der Waals surface area contributed by atoms with Gasteiger partial charge in [-0.3, -0.25) is 4.79 Å². The maximum Gasteiger partial charge on any atom is 0.236 e. The zero-order valence-corrected chi connectivity index (χ0v) is 11.4. The van der Waals surface area contributed by atoms with E-state index in [2.05, 4.69) is 5.32 Å². The molecule has 4 heteroatoms. The molecule has 1 aliphatic carbocycles. The summed E-state index contributed by atoms with van der Waals surface area (Å²) < 4.78 is 5.12. The highest BCUT2D eigenvalue weighted by atomic mass is 16.5. The molecule has 1 N–H and O–H groups in total. The van der Waals surface area contributed by atoms with Crippen molar-refractivity contribution in [2.75, 3.05) is 39.9 Å². The number of hydrogen-bond donors (Lipinski definition) is 1. The standard InChI is InChI=1S/C13H26N2O2/c1-4-15(5-2)12(16)10-14-11-13(6-7-13)8-9-17-3/h14H,4-11H2,1-3H3. The van der Waals surface area contributed by atoms with E-state index >= 15 is 0 Å². The number of nitrogens with zero attached hydrogens (tertiary/aromatic N) is 1. The van der Waals surface area contributed by atoms with Crippen LogP contribution < -0.4 is 5.32 Å². The summed E-state index contributed by atoms with van der Waals surface area (Å²) in [4.78, 5) is 13.6. The Bertz CT molecular complexity index is 236. The van der Waals surface area contributed by atoms with Crippen LogP contribution in [0.1, 0.15) is 33.1 Å². The number of carbonyl (C=O) groups is 1. The van der Waals surface area contributed by atoms with Gasteiger partial charge in [-0.25, -0.2) is 0 Å². The lowest BCUT2D eigenvalue weighted by atomic mass is 10.0. The quantitative estimate of drug-likeness (QED) is 0.662. The number of rotatable bonds is 9. The first-order chi connectivity index (χ1) is 8.17.